The lowest BCUT2D eigenvalue weighted by Gasteiger charge is -2.14. The third-order valence-electron chi connectivity index (χ3n) is 2.68. The van der Waals surface area contributed by atoms with Crippen molar-refractivity contribution < 1.29 is 14.3 Å². The quantitative estimate of drug-likeness (QED) is 0.573. The first kappa shape index (κ1) is 8.53. The van der Waals surface area contributed by atoms with Crippen molar-refractivity contribution >= 4 is 11.9 Å². The minimum absolute atomic E-state index is 0.109. The van der Waals surface area contributed by atoms with E-state index in [4.69, 9.17) is 0 Å². The number of esters is 1. The molecule has 13 heavy (non-hydrogen) atoms. The van der Waals surface area contributed by atoms with Gasteiger partial charge in [0.25, 0.3) is 0 Å². The Morgan fingerprint density at radius 1 is 1.54 bits per heavy atom. The molecule has 2 rings (SSSR count). The van der Waals surface area contributed by atoms with Crippen LogP contribution in [0.3, 0.4) is 0 Å². The molecule has 1 heterocycles. The molecule has 0 spiro atoms. The molecule has 4 nitrogen and oxygen atoms in total. The zero-order chi connectivity index (χ0) is 9.42. The van der Waals surface area contributed by atoms with E-state index in [9.17, 15) is 9.59 Å². The molecule has 1 aliphatic carbocycles. The third kappa shape index (κ3) is 1.53. The average molecular weight is 183 g/mol. The average Bonchev–Trinajstić information content (AvgIpc) is 2.89. The van der Waals surface area contributed by atoms with Crippen molar-refractivity contribution in [2.45, 2.75) is 25.3 Å². The molecule has 1 aliphatic heterocycles. The minimum atomic E-state index is -0.253. The Bertz CT molecular complexity index is 247. The number of methoxy groups -OCH3 is 1. The predicted octanol–water partition coefficient (Wildman–Crippen LogP) is 0.170. The van der Waals surface area contributed by atoms with E-state index < -0.39 is 0 Å². The molecule has 0 radical (unpaired) electrons. The van der Waals surface area contributed by atoms with E-state index in [1.165, 1.54) is 7.11 Å². The second kappa shape index (κ2) is 3.01. The maximum atomic E-state index is 11.4. The topological polar surface area (TPSA) is 46.6 Å². The molecule has 72 valence electrons. The predicted molar refractivity (Wildman–Crippen MR) is 44.9 cm³/mol. The standard InChI is InChI=1S/C9H13NO3/c1-13-9(12)6-4-8(11)10(5-6)7-2-3-7/h6-7H,2-5H2,1H3/t6-/m0/s1. The first-order chi connectivity index (χ1) is 6.22. The number of rotatable bonds is 2. The van der Waals surface area contributed by atoms with Crippen LogP contribution in [0.4, 0.5) is 0 Å². The van der Waals surface area contributed by atoms with Crippen LogP contribution in [-0.2, 0) is 14.3 Å². The summed E-state index contributed by atoms with van der Waals surface area (Å²) in [5.74, 6) is -0.368. The molecule has 0 N–H and O–H groups in total. The Kier molecular flexibility index (Phi) is 1.98. The highest BCUT2D eigenvalue weighted by Crippen LogP contribution is 2.32. The summed E-state index contributed by atoms with van der Waals surface area (Å²) in [4.78, 5) is 24.4. The van der Waals surface area contributed by atoms with E-state index in [0.717, 1.165) is 12.8 Å². The summed E-state index contributed by atoms with van der Waals surface area (Å²) in [5, 5.41) is 0. The fraction of sp³-hybridized carbons (Fsp3) is 0.778. The number of nitrogens with zero attached hydrogens (tertiary/aromatic N) is 1. The van der Waals surface area contributed by atoms with E-state index >= 15 is 0 Å². The van der Waals surface area contributed by atoms with Crippen molar-refractivity contribution in [3.63, 3.8) is 0 Å². The van der Waals surface area contributed by atoms with Crippen LogP contribution in [-0.4, -0.2) is 36.5 Å². The van der Waals surface area contributed by atoms with Gasteiger partial charge in [-0.15, -0.1) is 0 Å². The van der Waals surface area contributed by atoms with Crippen molar-refractivity contribution in [3.05, 3.63) is 0 Å². The molecule has 1 saturated heterocycles. The van der Waals surface area contributed by atoms with Gasteiger partial charge in [0.1, 0.15) is 0 Å². The molecule has 1 amide bonds. The minimum Gasteiger partial charge on any atom is -0.469 e. The molecule has 4 heteroatoms. The van der Waals surface area contributed by atoms with Gasteiger partial charge in [-0.05, 0) is 12.8 Å². The van der Waals surface area contributed by atoms with Gasteiger partial charge in [-0.3, -0.25) is 9.59 Å². The van der Waals surface area contributed by atoms with Crippen molar-refractivity contribution in [3.8, 4) is 0 Å². The largest absolute Gasteiger partial charge is 0.469 e. The van der Waals surface area contributed by atoms with Gasteiger partial charge in [-0.25, -0.2) is 0 Å². The molecule has 0 aromatic carbocycles. The summed E-state index contributed by atoms with van der Waals surface area (Å²) in [6.45, 7) is 0.566. The van der Waals surface area contributed by atoms with Crippen LogP contribution >= 0.6 is 0 Å². The first-order valence-corrected chi connectivity index (χ1v) is 4.59. The van der Waals surface area contributed by atoms with Crippen molar-refractivity contribution in [2.24, 2.45) is 5.92 Å². The maximum Gasteiger partial charge on any atom is 0.310 e. The highest BCUT2D eigenvalue weighted by molar-refractivity contribution is 5.87. The van der Waals surface area contributed by atoms with E-state index in [2.05, 4.69) is 4.74 Å². The van der Waals surface area contributed by atoms with Crippen molar-refractivity contribution in [2.75, 3.05) is 13.7 Å². The van der Waals surface area contributed by atoms with Crippen molar-refractivity contribution in [1.29, 1.82) is 0 Å². The van der Waals surface area contributed by atoms with Gasteiger partial charge in [-0.2, -0.15) is 0 Å². The van der Waals surface area contributed by atoms with Crippen LogP contribution < -0.4 is 0 Å². The van der Waals surface area contributed by atoms with Gasteiger partial charge in [-0.1, -0.05) is 0 Å². The SMILES string of the molecule is COC(=O)[C@H]1CC(=O)N(C2CC2)C1. The van der Waals surface area contributed by atoms with E-state index in [1.54, 1.807) is 0 Å². The zero-order valence-electron chi connectivity index (χ0n) is 7.66. The Morgan fingerprint density at radius 3 is 2.77 bits per heavy atom. The highest BCUT2D eigenvalue weighted by Gasteiger charge is 2.42. The van der Waals surface area contributed by atoms with E-state index in [1.807, 2.05) is 4.90 Å². The second-order valence-corrected chi connectivity index (χ2v) is 3.70. The first-order valence-electron chi connectivity index (χ1n) is 4.59. The van der Waals surface area contributed by atoms with E-state index in [0.29, 0.717) is 19.0 Å². The molecule has 0 bridgehead atoms. The second-order valence-electron chi connectivity index (χ2n) is 3.70. The number of carbonyl (C=O) groups excluding carboxylic acids is 2. The molecule has 0 aromatic rings. The summed E-state index contributed by atoms with van der Waals surface area (Å²) < 4.78 is 4.61. The fourth-order valence-electron chi connectivity index (χ4n) is 1.80. The molecule has 1 atom stereocenters. The zero-order valence-corrected chi connectivity index (χ0v) is 7.66. The highest BCUT2D eigenvalue weighted by atomic mass is 16.5. The molecule has 2 aliphatic rings. The van der Waals surface area contributed by atoms with Crippen LogP contribution in [0.2, 0.25) is 0 Å². The third-order valence-corrected chi connectivity index (χ3v) is 2.68. The van der Waals surface area contributed by atoms with Crippen LogP contribution in [0.5, 0.6) is 0 Å². The Hall–Kier alpha value is -1.06. The normalized spacial score (nSPS) is 27.9. The molecule has 2 fully saturated rings. The smallest absolute Gasteiger partial charge is 0.310 e. The van der Waals surface area contributed by atoms with Gasteiger partial charge in [0.15, 0.2) is 0 Å². The van der Waals surface area contributed by atoms with Crippen LogP contribution in [0, 0.1) is 5.92 Å². The summed E-state index contributed by atoms with van der Waals surface area (Å²) >= 11 is 0. The van der Waals surface area contributed by atoms with Gasteiger partial charge in [0.2, 0.25) is 5.91 Å². The van der Waals surface area contributed by atoms with Gasteiger partial charge in [0.05, 0.1) is 13.0 Å². The maximum absolute atomic E-state index is 11.4. The number of hydrogen-bond acceptors (Lipinski definition) is 3. The molecule has 0 unspecified atom stereocenters. The molecular formula is C9H13NO3. The lowest BCUT2D eigenvalue weighted by molar-refractivity contribution is -0.145. The van der Waals surface area contributed by atoms with Crippen LogP contribution in [0.25, 0.3) is 0 Å². The molecular weight excluding hydrogens is 170 g/mol. The van der Waals surface area contributed by atoms with Crippen molar-refractivity contribution in [1.82, 2.24) is 4.90 Å². The lowest BCUT2D eigenvalue weighted by Crippen LogP contribution is -2.28. The summed E-state index contributed by atoms with van der Waals surface area (Å²) in [6, 6.07) is 0.419. The Morgan fingerprint density at radius 2 is 2.23 bits per heavy atom. The Balaban J connectivity index is 1.97. The van der Waals surface area contributed by atoms with Crippen LogP contribution in [0.15, 0.2) is 0 Å². The number of ether oxygens (including phenoxy) is 1. The van der Waals surface area contributed by atoms with Crippen LogP contribution in [0.1, 0.15) is 19.3 Å². The number of carbonyl (C=O) groups is 2. The monoisotopic (exact) mass is 183 g/mol. The molecule has 0 aromatic heterocycles. The molecule has 1 saturated carbocycles. The summed E-state index contributed by atoms with van der Waals surface area (Å²) in [6.07, 6.45) is 2.53. The number of amides is 1. The number of likely N-dealkylation sites (tertiary alicyclic amines) is 1. The van der Waals surface area contributed by atoms with E-state index in [-0.39, 0.29) is 17.8 Å². The van der Waals surface area contributed by atoms with Gasteiger partial charge < -0.3 is 9.64 Å². The Labute approximate surface area is 76.8 Å². The number of hydrogen-bond donors (Lipinski definition) is 0. The van der Waals surface area contributed by atoms with Gasteiger partial charge >= 0.3 is 5.97 Å². The summed E-state index contributed by atoms with van der Waals surface area (Å²) in [7, 11) is 1.37. The lowest BCUT2D eigenvalue weighted by atomic mass is 10.1. The summed E-state index contributed by atoms with van der Waals surface area (Å²) in [5.41, 5.74) is 0. The van der Waals surface area contributed by atoms with Gasteiger partial charge in [0, 0.05) is 19.0 Å². The fourth-order valence-corrected chi connectivity index (χ4v) is 1.80.